The van der Waals surface area contributed by atoms with Gasteiger partial charge in [0.25, 0.3) is 0 Å². The van der Waals surface area contributed by atoms with Crippen LogP contribution in [0.4, 0.5) is 17.5 Å². The summed E-state index contributed by atoms with van der Waals surface area (Å²) in [4.78, 5) is 4.39. The first-order valence-electron chi connectivity index (χ1n) is 8.11. The average molecular weight is 346 g/mol. The highest BCUT2D eigenvalue weighted by molar-refractivity contribution is 5.56. The van der Waals surface area contributed by atoms with Crippen molar-refractivity contribution in [3.8, 4) is 11.8 Å². The molecule has 1 aromatic heterocycles. The molecule has 7 nitrogen and oxygen atoms in total. The zero-order chi connectivity index (χ0) is 18.2. The van der Waals surface area contributed by atoms with E-state index in [-0.39, 0.29) is 0 Å². The minimum atomic E-state index is 0.363. The summed E-state index contributed by atoms with van der Waals surface area (Å²) in [5.41, 5.74) is 2.42. The van der Waals surface area contributed by atoms with Gasteiger partial charge in [-0.1, -0.05) is 24.3 Å². The number of para-hydroxylation sites is 1. The van der Waals surface area contributed by atoms with E-state index in [4.69, 9.17) is 10.00 Å². The highest BCUT2D eigenvalue weighted by Gasteiger charge is 2.04. The Bertz CT molecular complexity index is 922. The maximum absolute atomic E-state index is 8.96. The van der Waals surface area contributed by atoms with Crippen molar-refractivity contribution in [2.24, 2.45) is 0 Å². The molecule has 0 atom stereocenters. The second kappa shape index (κ2) is 8.44. The van der Waals surface area contributed by atoms with E-state index in [1.165, 1.54) is 0 Å². The summed E-state index contributed by atoms with van der Waals surface area (Å²) in [7, 11) is 1.67. The third-order valence-corrected chi connectivity index (χ3v) is 3.70. The van der Waals surface area contributed by atoms with Gasteiger partial charge in [-0.3, -0.25) is 0 Å². The van der Waals surface area contributed by atoms with Crippen molar-refractivity contribution >= 4 is 17.5 Å². The van der Waals surface area contributed by atoms with Crippen LogP contribution in [-0.4, -0.2) is 28.8 Å². The molecule has 0 bridgehead atoms. The smallest absolute Gasteiger partial charge is 0.249 e. The quantitative estimate of drug-likeness (QED) is 0.678. The standard InChI is InChI=1S/C19H18N6O/c1-26-17-8-3-2-6-15(17)9-10-21-18-13-22-25-19(24-18)23-16-7-4-5-14(11-16)12-20/h2-8,11,13H,9-10H2,1H3,(H2,21,23,24,25). The largest absolute Gasteiger partial charge is 0.496 e. The lowest BCUT2D eigenvalue weighted by Gasteiger charge is -2.10. The molecule has 2 aromatic carbocycles. The van der Waals surface area contributed by atoms with E-state index in [0.29, 0.717) is 23.9 Å². The Morgan fingerprint density at radius 3 is 2.88 bits per heavy atom. The van der Waals surface area contributed by atoms with Crippen LogP contribution < -0.4 is 15.4 Å². The summed E-state index contributed by atoms with van der Waals surface area (Å²) in [6.07, 6.45) is 2.36. The molecule has 0 radical (unpaired) electrons. The minimum Gasteiger partial charge on any atom is -0.496 e. The van der Waals surface area contributed by atoms with Gasteiger partial charge in [0.1, 0.15) is 5.75 Å². The van der Waals surface area contributed by atoms with Gasteiger partial charge >= 0.3 is 0 Å². The van der Waals surface area contributed by atoms with Crippen LogP contribution in [0.5, 0.6) is 5.75 Å². The van der Waals surface area contributed by atoms with Crippen molar-refractivity contribution in [2.75, 3.05) is 24.3 Å². The Labute approximate surface area is 151 Å². The lowest BCUT2D eigenvalue weighted by atomic mass is 10.1. The normalized spacial score (nSPS) is 10.0. The number of rotatable bonds is 7. The predicted octanol–water partition coefficient (Wildman–Crippen LogP) is 3.15. The van der Waals surface area contributed by atoms with E-state index in [2.05, 4.69) is 31.9 Å². The number of hydrogen-bond donors (Lipinski definition) is 2. The first-order valence-corrected chi connectivity index (χ1v) is 8.11. The Morgan fingerprint density at radius 1 is 1.15 bits per heavy atom. The Kier molecular flexibility index (Phi) is 5.58. The van der Waals surface area contributed by atoms with Crippen LogP contribution >= 0.6 is 0 Å². The van der Waals surface area contributed by atoms with Crippen LogP contribution in [0.25, 0.3) is 0 Å². The fourth-order valence-corrected chi connectivity index (χ4v) is 2.47. The molecular formula is C19H18N6O. The number of hydrogen-bond acceptors (Lipinski definition) is 7. The molecule has 0 fully saturated rings. The van der Waals surface area contributed by atoms with Crippen molar-refractivity contribution in [2.45, 2.75) is 6.42 Å². The van der Waals surface area contributed by atoms with Crippen molar-refractivity contribution in [3.63, 3.8) is 0 Å². The van der Waals surface area contributed by atoms with Crippen LogP contribution in [-0.2, 0) is 6.42 Å². The molecule has 2 N–H and O–H groups in total. The molecule has 0 saturated carbocycles. The van der Waals surface area contributed by atoms with E-state index in [9.17, 15) is 0 Å². The lowest BCUT2D eigenvalue weighted by molar-refractivity contribution is 0.410. The number of methoxy groups -OCH3 is 1. The van der Waals surface area contributed by atoms with Crippen LogP contribution in [0.15, 0.2) is 54.7 Å². The lowest BCUT2D eigenvalue weighted by Crippen LogP contribution is -2.09. The highest BCUT2D eigenvalue weighted by atomic mass is 16.5. The van der Waals surface area contributed by atoms with Gasteiger partial charge in [-0.25, -0.2) is 0 Å². The zero-order valence-electron chi connectivity index (χ0n) is 14.3. The molecule has 0 aliphatic heterocycles. The Balaban J connectivity index is 1.61. The van der Waals surface area contributed by atoms with Gasteiger partial charge in [0.05, 0.1) is 24.9 Å². The average Bonchev–Trinajstić information content (AvgIpc) is 2.69. The van der Waals surface area contributed by atoms with E-state index in [0.717, 1.165) is 23.4 Å². The summed E-state index contributed by atoms with van der Waals surface area (Å²) >= 11 is 0. The molecule has 26 heavy (non-hydrogen) atoms. The number of ether oxygens (including phenoxy) is 1. The van der Waals surface area contributed by atoms with E-state index in [1.807, 2.05) is 30.3 Å². The minimum absolute atomic E-state index is 0.363. The molecule has 0 saturated heterocycles. The van der Waals surface area contributed by atoms with Gasteiger partial charge in [-0.2, -0.15) is 15.3 Å². The molecular weight excluding hydrogens is 328 g/mol. The van der Waals surface area contributed by atoms with Crippen LogP contribution in [0.3, 0.4) is 0 Å². The van der Waals surface area contributed by atoms with Gasteiger partial charge in [-0.15, -0.1) is 5.10 Å². The molecule has 0 spiro atoms. The Hall–Kier alpha value is -3.66. The number of benzene rings is 2. The fourth-order valence-electron chi connectivity index (χ4n) is 2.47. The number of aromatic nitrogens is 3. The topological polar surface area (TPSA) is 95.8 Å². The molecule has 3 aromatic rings. The van der Waals surface area contributed by atoms with Gasteiger partial charge in [0.2, 0.25) is 5.95 Å². The molecule has 7 heteroatoms. The van der Waals surface area contributed by atoms with Crippen LogP contribution in [0.1, 0.15) is 11.1 Å². The van der Waals surface area contributed by atoms with Crippen LogP contribution in [0.2, 0.25) is 0 Å². The number of nitrogens with zero attached hydrogens (tertiary/aromatic N) is 4. The molecule has 130 valence electrons. The van der Waals surface area contributed by atoms with Crippen molar-refractivity contribution in [3.05, 3.63) is 65.9 Å². The van der Waals surface area contributed by atoms with Gasteiger partial charge < -0.3 is 15.4 Å². The highest BCUT2D eigenvalue weighted by Crippen LogP contribution is 2.18. The second-order valence-corrected chi connectivity index (χ2v) is 5.47. The Morgan fingerprint density at radius 2 is 2.04 bits per heavy atom. The predicted molar refractivity (Wildman–Crippen MR) is 99.5 cm³/mol. The summed E-state index contributed by atoms with van der Waals surface area (Å²) in [6.45, 7) is 0.683. The van der Waals surface area contributed by atoms with Crippen LogP contribution in [0, 0.1) is 11.3 Å². The maximum Gasteiger partial charge on any atom is 0.249 e. The second-order valence-electron chi connectivity index (χ2n) is 5.47. The van der Waals surface area contributed by atoms with Crippen molar-refractivity contribution in [1.29, 1.82) is 5.26 Å². The molecule has 0 aliphatic carbocycles. The zero-order valence-corrected chi connectivity index (χ0v) is 14.3. The summed E-state index contributed by atoms with van der Waals surface area (Å²) in [5, 5.41) is 23.2. The van der Waals surface area contributed by atoms with E-state index < -0.39 is 0 Å². The maximum atomic E-state index is 8.96. The van der Waals surface area contributed by atoms with E-state index >= 15 is 0 Å². The number of nitriles is 1. The monoisotopic (exact) mass is 346 g/mol. The number of nitrogens with one attached hydrogen (secondary N) is 2. The van der Waals surface area contributed by atoms with Gasteiger partial charge in [-0.05, 0) is 36.2 Å². The third kappa shape index (κ3) is 4.45. The molecule has 0 unspecified atom stereocenters. The summed E-state index contributed by atoms with van der Waals surface area (Å²) in [6, 6.07) is 17.1. The van der Waals surface area contributed by atoms with Gasteiger partial charge in [0.15, 0.2) is 5.82 Å². The van der Waals surface area contributed by atoms with Gasteiger partial charge in [0, 0.05) is 12.2 Å². The van der Waals surface area contributed by atoms with Crippen molar-refractivity contribution < 1.29 is 4.74 Å². The first-order chi connectivity index (χ1) is 12.8. The summed E-state index contributed by atoms with van der Waals surface area (Å²) in [5.74, 6) is 1.85. The summed E-state index contributed by atoms with van der Waals surface area (Å²) < 4.78 is 5.35. The molecule has 1 heterocycles. The molecule has 0 amide bonds. The van der Waals surface area contributed by atoms with E-state index in [1.54, 1.807) is 31.5 Å². The first kappa shape index (κ1) is 17.2. The fraction of sp³-hybridized carbons (Fsp3) is 0.158. The SMILES string of the molecule is COc1ccccc1CCNc1cnnc(Nc2cccc(C#N)c2)n1. The van der Waals surface area contributed by atoms with Crippen molar-refractivity contribution in [1.82, 2.24) is 15.2 Å². The third-order valence-electron chi connectivity index (χ3n) is 3.70. The molecule has 3 rings (SSSR count). The number of anilines is 3. The molecule has 0 aliphatic rings.